The minimum atomic E-state index is -3.57. The Morgan fingerprint density at radius 1 is 1.07 bits per heavy atom. The van der Waals surface area contributed by atoms with Crippen LogP contribution >= 0.6 is 0 Å². The van der Waals surface area contributed by atoms with Gasteiger partial charge in [-0.3, -0.25) is 4.90 Å². The summed E-state index contributed by atoms with van der Waals surface area (Å²) in [6.45, 7) is 7.65. The number of piperazine rings is 1. The molecule has 2 aromatic heterocycles. The zero-order valence-electron chi connectivity index (χ0n) is 16.6. The Bertz CT molecular complexity index is 1100. The van der Waals surface area contributed by atoms with Gasteiger partial charge in [0.2, 0.25) is 0 Å². The summed E-state index contributed by atoms with van der Waals surface area (Å²) in [7, 11) is -3.57. The highest BCUT2D eigenvalue weighted by atomic mass is 32.2. The molecule has 10 heteroatoms. The van der Waals surface area contributed by atoms with Crippen LogP contribution in [0.25, 0.3) is 11.0 Å². The summed E-state index contributed by atoms with van der Waals surface area (Å²) in [4.78, 5) is 10.6. The number of sulfonamides is 1. The number of aromatic nitrogens is 4. The SMILES string of the molecule is CC(C)n1cnc(S(=O)(=O)N2CCN(CCn3cnc4cc(F)ccc43)CC2)c1. The average Bonchev–Trinajstić information content (AvgIpc) is 3.34. The van der Waals surface area contributed by atoms with E-state index in [2.05, 4.69) is 14.9 Å². The molecular formula is C19H25FN6O2S. The van der Waals surface area contributed by atoms with Gasteiger partial charge in [-0.2, -0.15) is 4.31 Å². The lowest BCUT2D eigenvalue weighted by molar-refractivity contribution is 0.183. The smallest absolute Gasteiger partial charge is 0.262 e. The molecule has 156 valence electrons. The first kappa shape index (κ1) is 20.0. The van der Waals surface area contributed by atoms with E-state index in [4.69, 9.17) is 0 Å². The van der Waals surface area contributed by atoms with Gasteiger partial charge < -0.3 is 9.13 Å². The molecule has 1 saturated heterocycles. The highest BCUT2D eigenvalue weighted by molar-refractivity contribution is 7.89. The maximum atomic E-state index is 13.3. The van der Waals surface area contributed by atoms with Gasteiger partial charge in [0.05, 0.1) is 23.7 Å². The maximum absolute atomic E-state index is 13.3. The van der Waals surface area contributed by atoms with Gasteiger partial charge in [0.15, 0.2) is 5.03 Å². The molecule has 0 saturated carbocycles. The molecule has 0 atom stereocenters. The number of fused-ring (bicyclic) bond motifs is 1. The van der Waals surface area contributed by atoms with Gasteiger partial charge in [0.1, 0.15) is 5.82 Å². The Morgan fingerprint density at radius 3 is 2.52 bits per heavy atom. The van der Waals surface area contributed by atoms with Crippen LogP contribution in [0.1, 0.15) is 19.9 Å². The van der Waals surface area contributed by atoms with E-state index in [1.165, 1.54) is 16.4 Å². The Balaban J connectivity index is 1.35. The fraction of sp³-hybridized carbons (Fsp3) is 0.474. The fourth-order valence-corrected chi connectivity index (χ4v) is 4.87. The standard InChI is InChI=1S/C19H25FN6O2S/c1-15(2)25-12-19(22-14-25)29(27,28)26-9-6-23(7-10-26)5-8-24-13-21-17-11-16(20)3-4-18(17)24/h3-4,11-15H,5-10H2,1-2H3. The normalized spacial score (nSPS) is 16.8. The topological polar surface area (TPSA) is 76.3 Å². The van der Waals surface area contributed by atoms with Crippen molar-refractivity contribution in [3.63, 3.8) is 0 Å². The van der Waals surface area contributed by atoms with E-state index in [0.717, 1.165) is 12.1 Å². The van der Waals surface area contributed by atoms with Crippen LogP contribution in [-0.2, 0) is 16.6 Å². The van der Waals surface area contributed by atoms with Crippen LogP contribution in [0, 0.1) is 5.82 Å². The maximum Gasteiger partial charge on any atom is 0.262 e. The van der Waals surface area contributed by atoms with E-state index in [0.29, 0.717) is 38.2 Å². The lowest BCUT2D eigenvalue weighted by Crippen LogP contribution is -2.49. The molecule has 3 heterocycles. The molecule has 0 N–H and O–H groups in total. The second-order valence-corrected chi connectivity index (χ2v) is 9.45. The lowest BCUT2D eigenvalue weighted by Gasteiger charge is -2.33. The predicted octanol–water partition coefficient (Wildman–Crippen LogP) is 1.96. The van der Waals surface area contributed by atoms with Crippen LogP contribution in [0.5, 0.6) is 0 Å². The van der Waals surface area contributed by atoms with Crippen molar-refractivity contribution in [2.75, 3.05) is 32.7 Å². The molecule has 0 aliphatic carbocycles. The molecule has 8 nitrogen and oxygen atoms in total. The summed E-state index contributed by atoms with van der Waals surface area (Å²) in [6, 6.07) is 4.76. The number of hydrogen-bond donors (Lipinski definition) is 0. The molecule has 1 fully saturated rings. The van der Waals surface area contributed by atoms with Crippen LogP contribution in [0.3, 0.4) is 0 Å². The third-order valence-corrected chi connectivity index (χ3v) is 7.13. The van der Waals surface area contributed by atoms with Crippen molar-refractivity contribution in [2.24, 2.45) is 0 Å². The second-order valence-electron chi connectivity index (χ2n) is 7.57. The third-order valence-electron chi connectivity index (χ3n) is 5.35. The molecular weight excluding hydrogens is 395 g/mol. The number of benzene rings is 1. The van der Waals surface area contributed by atoms with E-state index in [1.807, 2.05) is 18.4 Å². The molecule has 0 amide bonds. The molecule has 0 bridgehead atoms. The zero-order chi connectivity index (χ0) is 20.6. The van der Waals surface area contributed by atoms with Crippen molar-refractivity contribution in [3.05, 3.63) is 42.9 Å². The van der Waals surface area contributed by atoms with Crippen LogP contribution < -0.4 is 0 Å². The first-order valence-corrected chi connectivity index (χ1v) is 11.1. The molecule has 1 aliphatic heterocycles. The fourth-order valence-electron chi connectivity index (χ4n) is 3.52. The van der Waals surface area contributed by atoms with Gasteiger partial charge >= 0.3 is 0 Å². The third kappa shape index (κ3) is 4.05. The largest absolute Gasteiger partial charge is 0.334 e. The van der Waals surface area contributed by atoms with Gasteiger partial charge in [0, 0.05) is 57.6 Å². The Hall–Kier alpha value is -2.30. The van der Waals surface area contributed by atoms with Crippen molar-refractivity contribution in [2.45, 2.75) is 31.5 Å². The van der Waals surface area contributed by atoms with E-state index in [9.17, 15) is 12.8 Å². The van der Waals surface area contributed by atoms with Crippen molar-refractivity contribution in [1.29, 1.82) is 0 Å². The molecule has 0 unspecified atom stereocenters. The van der Waals surface area contributed by atoms with Gasteiger partial charge in [-0.25, -0.2) is 22.8 Å². The minimum absolute atomic E-state index is 0.108. The lowest BCUT2D eigenvalue weighted by atomic mass is 10.3. The average molecular weight is 421 g/mol. The van der Waals surface area contributed by atoms with Crippen molar-refractivity contribution >= 4 is 21.1 Å². The number of imidazole rings is 2. The van der Waals surface area contributed by atoms with Gasteiger partial charge in [0.25, 0.3) is 10.0 Å². The highest BCUT2D eigenvalue weighted by Gasteiger charge is 2.30. The van der Waals surface area contributed by atoms with Gasteiger partial charge in [-0.15, -0.1) is 0 Å². The Morgan fingerprint density at radius 2 is 1.83 bits per heavy atom. The van der Waals surface area contributed by atoms with E-state index >= 15 is 0 Å². The van der Waals surface area contributed by atoms with Gasteiger partial charge in [-0.1, -0.05) is 0 Å². The summed E-state index contributed by atoms with van der Waals surface area (Å²) in [6.07, 6.45) is 4.88. The summed E-state index contributed by atoms with van der Waals surface area (Å²) in [5.41, 5.74) is 1.54. The number of nitrogens with zero attached hydrogens (tertiary/aromatic N) is 6. The van der Waals surface area contributed by atoms with Crippen LogP contribution in [0.2, 0.25) is 0 Å². The minimum Gasteiger partial charge on any atom is -0.334 e. The summed E-state index contributed by atoms with van der Waals surface area (Å²) in [5, 5.41) is 0.108. The van der Waals surface area contributed by atoms with Gasteiger partial charge in [-0.05, 0) is 26.0 Å². The molecule has 29 heavy (non-hydrogen) atoms. The first-order chi connectivity index (χ1) is 13.8. The van der Waals surface area contributed by atoms with Crippen molar-refractivity contribution < 1.29 is 12.8 Å². The van der Waals surface area contributed by atoms with E-state index in [-0.39, 0.29) is 16.9 Å². The Labute approximate surface area is 169 Å². The molecule has 1 aromatic carbocycles. The summed E-state index contributed by atoms with van der Waals surface area (Å²) >= 11 is 0. The summed E-state index contributed by atoms with van der Waals surface area (Å²) in [5.74, 6) is -0.293. The quantitative estimate of drug-likeness (QED) is 0.609. The molecule has 4 rings (SSSR count). The monoisotopic (exact) mass is 420 g/mol. The van der Waals surface area contributed by atoms with Crippen LogP contribution in [0.15, 0.2) is 42.1 Å². The molecule has 1 aliphatic rings. The van der Waals surface area contributed by atoms with Crippen molar-refractivity contribution in [3.8, 4) is 0 Å². The molecule has 3 aromatic rings. The highest BCUT2D eigenvalue weighted by Crippen LogP contribution is 2.18. The van der Waals surface area contributed by atoms with E-state index < -0.39 is 10.0 Å². The van der Waals surface area contributed by atoms with E-state index in [1.54, 1.807) is 29.5 Å². The number of hydrogen-bond acceptors (Lipinski definition) is 5. The molecule has 0 radical (unpaired) electrons. The number of rotatable bonds is 6. The zero-order valence-corrected chi connectivity index (χ0v) is 17.4. The Kier molecular flexibility index (Phi) is 5.41. The summed E-state index contributed by atoms with van der Waals surface area (Å²) < 4.78 is 44.3. The van der Waals surface area contributed by atoms with Crippen LogP contribution in [0.4, 0.5) is 4.39 Å². The van der Waals surface area contributed by atoms with Crippen molar-refractivity contribution in [1.82, 2.24) is 28.3 Å². The second kappa shape index (κ2) is 7.85. The first-order valence-electron chi connectivity index (χ1n) is 9.71. The molecule has 0 spiro atoms. The predicted molar refractivity (Wildman–Crippen MR) is 108 cm³/mol. The number of halogens is 1. The van der Waals surface area contributed by atoms with Crippen LogP contribution in [-0.4, -0.2) is 69.4 Å².